The highest BCUT2D eigenvalue weighted by molar-refractivity contribution is 8.08. The maximum absolute atomic E-state index is 4.13. The average molecular weight is 250 g/mol. The van der Waals surface area contributed by atoms with Gasteiger partial charge in [-0.1, -0.05) is 42.1 Å². The molecular formula is C14H18S2. The van der Waals surface area contributed by atoms with Gasteiger partial charge >= 0.3 is 0 Å². The van der Waals surface area contributed by atoms with E-state index in [2.05, 4.69) is 57.9 Å². The van der Waals surface area contributed by atoms with E-state index >= 15 is 0 Å². The number of hydrogen-bond acceptors (Lipinski definition) is 2. The summed E-state index contributed by atoms with van der Waals surface area (Å²) in [4.78, 5) is 3.68. The van der Waals surface area contributed by atoms with Crippen molar-refractivity contribution in [2.75, 3.05) is 6.26 Å². The van der Waals surface area contributed by atoms with Crippen molar-refractivity contribution in [1.29, 1.82) is 0 Å². The number of thioether (sulfide) groups is 2. The first-order chi connectivity index (χ1) is 7.58. The van der Waals surface area contributed by atoms with Gasteiger partial charge in [0.2, 0.25) is 0 Å². The van der Waals surface area contributed by atoms with E-state index in [1.807, 2.05) is 0 Å². The van der Waals surface area contributed by atoms with Gasteiger partial charge in [0.15, 0.2) is 0 Å². The highest BCUT2D eigenvalue weighted by Crippen LogP contribution is 2.36. The van der Waals surface area contributed by atoms with Crippen LogP contribution in [0, 0.1) is 13.8 Å². The fourth-order valence-corrected chi connectivity index (χ4v) is 3.17. The molecule has 0 aliphatic carbocycles. The lowest BCUT2D eigenvalue weighted by atomic mass is 10.2. The van der Waals surface area contributed by atoms with E-state index in [0.717, 1.165) is 4.91 Å². The van der Waals surface area contributed by atoms with E-state index in [4.69, 9.17) is 0 Å². The molecule has 0 fully saturated rings. The number of aryl methyl sites for hydroxylation is 2. The van der Waals surface area contributed by atoms with E-state index in [9.17, 15) is 0 Å². The third-order valence-electron chi connectivity index (χ3n) is 2.32. The normalized spacial score (nSPS) is 11.6. The zero-order chi connectivity index (χ0) is 12.1. The van der Waals surface area contributed by atoms with Crippen molar-refractivity contribution in [1.82, 2.24) is 0 Å². The summed E-state index contributed by atoms with van der Waals surface area (Å²) in [5.74, 6) is 0. The Morgan fingerprint density at radius 2 is 2.00 bits per heavy atom. The van der Waals surface area contributed by atoms with Gasteiger partial charge in [-0.15, -0.1) is 11.8 Å². The van der Waals surface area contributed by atoms with Crippen molar-refractivity contribution in [2.24, 2.45) is 0 Å². The SMILES string of the molecule is C=C(Sc1ccc(C)cc1C)/C(=C/C)SC. The van der Waals surface area contributed by atoms with E-state index in [1.165, 1.54) is 20.9 Å². The highest BCUT2D eigenvalue weighted by Gasteiger charge is 2.05. The van der Waals surface area contributed by atoms with Gasteiger partial charge in [-0.2, -0.15) is 0 Å². The maximum atomic E-state index is 4.13. The molecule has 1 aromatic rings. The van der Waals surface area contributed by atoms with Crippen LogP contribution in [0.25, 0.3) is 0 Å². The van der Waals surface area contributed by atoms with Crippen molar-refractivity contribution >= 4 is 23.5 Å². The second-order valence-corrected chi connectivity index (χ2v) is 5.64. The van der Waals surface area contributed by atoms with Crippen LogP contribution in [-0.2, 0) is 0 Å². The van der Waals surface area contributed by atoms with Gasteiger partial charge in [0.05, 0.1) is 0 Å². The monoisotopic (exact) mass is 250 g/mol. The van der Waals surface area contributed by atoms with Crippen LogP contribution >= 0.6 is 23.5 Å². The summed E-state index contributed by atoms with van der Waals surface area (Å²) in [6, 6.07) is 6.54. The predicted octanol–water partition coefficient (Wildman–Crippen LogP) is 5.18. The van der Waals surface area contributed by atoms with Crippen LogP contribution in [0.3, 0.4) is 0 Å². The molecule has 0 aliphatic heterocycles. The van der Waals surface area contributed by atoms with Crippen molar-refractivity contribution in [3.05, 3.63) is 51.8 Å². The first-order valence-electron chi connectivity index (χ1n) is 5.23. The quantitative estimate of drug-likeness (QED) is 0.533. The summed E-state index contributed by atoms with van der Waals surface area (Å²) in [6.07, 6.45) is 4.20. The summed E-state index contributed by atoms with van der Waals surface area (Å²) in [6.45, 7) is 10.5. The van der Waals surface area contributed by atoms with Crippen LogP contribution in [0.4, 0.5) is 0 Å². The topological polar surface area (TPSA) is 0 Å². The van der Waals surface area contributed by atoms with Gasteiger partial charge in [0, 0.05) is 14.7 Å². The first kappa shape index (κ1) is 13.5. The lowest BCUT2D eigenvalue weighted by molar-refractivity contribution is 1.27. The lowest BCUT2D eigenvalue weighted by Gasteiger charge is -2.10. The minimum absolute atomic E-state index is 1.13. The van der Waals surface area contributed by atoms with E-state index in [-0.39, 0.29) is 0 Å². The molecule has 1 aromatic carbocycles. The summed E-state index contributed by atoms with van der Waals surface area (Å²) in [5, 5.41) is 0. The smallest absolute Gasteiger partial charge is 0.0183 e. The van der Waals surface area contributed by atoms with Crippen LogP contribution in [0.15, 0.2) is 45.6 Å². The Bertz CT molecular complexity index is 417. The minimum atomic E-state index is 1.13. The van der Waals surface area contributed by atoms with Crippen LogP contribution in [0.1, 0.15) is 18.1 Å². The number of allylic oxidation sites excluding steroid dienone is 1. The summed E-state index contributed by atoms with van der Waals surface area (Å²) in [7, 11) is 0. The van der Waals surface area contributed by atoms with Crippen molar-refractivity contribution < 1.29 is 0 Å². The molecule has 0 N–H and O–H groups in total. The van der Waals surface area contributed by atoms with E-state index < -0.39 is 0 Å². The summed E-state index contributed by atoms with van der Waals surface area (Å²) < 4.78 is 0. The predicted molar refractivity (Wildman–Crippen MR) is 78.2 cm³/mol. The van der Waals surface area contributed by atoms with Crippen molar-refractivity contribution in [3.8, 4) is 0 Å². The Labute approximate surface area is 107 Å². The lowest BCUT2D eigenvalue weighted by Crippen LogP contribution is -1.84. The van der Waals surface area contributed by atoms with E-state index in [1.54, 1.807) is 23.5 Å². The number of rotatable bonds is 4. The molecule has 0 atom stereocenters. The summed E-state index contributed by atoms with van der Waals surface area (Å²) >= 11 is 3.50. The molecule has 0 amide bonds. The maximum Gasteiger partial charge on any atom is 0.0183 e. The van der Waals surface area contributed by atoms with Gasteiger partial charge in [-0.25, -0.2) is 0 Å². The molecule has 2 heteroatoms. The fraction of sp³-hybridized carbons (Fsp3) is 0.286. The largest absolute Gasteiger partial charge is 0.129 e. The molecule has 0 nitrogen and oxygen atoms in total. The average Bonchev–Trinajstić information content (AvgIpc) is 2.24. The molecule has 0 aliphatic rings. The highest BCUT2D eigenvalue weighted by atomic mass is 32.2. The van der Waals surface area contributed by atoms with Crippen LogP contribution in [-0.4, -0.2) is 6.26 Å². The molecule has 0 saturated carbocycles. The molecule has 16 heavy (non-hydrogen) atoms. The molecule has 1 rings (SSSR count). The fourth-order valence-electron chi connectivity index (χ4n) is 1.49. The first-order valence-corrected chi connectivity index (χ1v) is 7.27. The van der Waals surface area contributed by atoms with Crippen LogP contribution in [0.5, 0.6) is 0 Å². The Hall–Kier alpha value is -0.600. The standard InChI is InChI=1S/C14H18S2/c1-6-13(15-5)12(4)16-14-8-7-10(2)9-11(14)3/h6-9H,4H2,1-3,5H3/b13-6-. The van der Waals surface area contributed by atoms with Gasteiger partial charge in [-0.3, -0.25) is 0 Å². The third kappa shape index (κ3) is 3.46. The molecule has 0 saturated heterocycles. The van der Waals surface area contributed by atoms with E-state index in [0.29, 0.717) is 0 Å². The Morgan fingerprint density at radius 3 is 2.50 bits per heavy atom. The molecule has 0 spiro atoms. The number of benzene rings is 1. The van der Waals surface area contributed by atoms with Gasteiger partial charge < -0.3 is 0 Å². The van der Waals surface area contributed by atoms with Crippen LogP contribution < -0.4 is 0 Å². The molecule has 0 unspecified atom stereocenters. The van der Waals surface area contributed by atoms with Gasteiger partial charge in [0.1, 0.15) is 0 Å². The molecule has 0 bridgehead atoms. The molecule has 0 heterocycles. The Balaban J connectivity index is 2.85. The third-order valence-corrected chi connectivity index (χ3v) is 4.52. The second-order valence-electron chi connectivity index (χ2n) is 3.65. The molecular weight excluding hydrogens is 232 g/mol. The summed E-state index contributed by atoms with van der Waals surface area (Å²) in [5.41, 5.74) is 2.63. The number of hydrogen-bond donors (Lipinski definition) is 0. The Morgan fingerprint density at radius 1 is 1.31 bits per heavy atom. The zero-order valence-electron chi connectivity index (χ0n) is 10.3. The second kappa shape index (κ2) is 6.21. The van der Waals surface area contributed by atoms with Gasteiger partial charge in [-0.05, 0) is 38.7 Å². The molecule has 0 radical (unpaired) electrons. The van der Waals surface area contributed by atoms with Crippen molar-refractivity contribution in [2.45, 2.75) is 25.7 Å². The van der Waals surface area contributed by atoms with Crippen molar-refractivity contribution in [3.63, 3.8) is 0 Å². The Kier molecular flexibility index (Phi) is 5.23. The minimum Gasteiger partial charge on any atom is -0.129 e. The zero-order valence-corrected chi connectivity index (χ0v) is 12.0. The van der Waals surface area contributed by atoms with Gasteiger partial charge in [0.25, 0.3) is 0 Å². The molecule has 0 aromatic heterocycles. The van der Waals surface area contributed by atoms with Crippen LogP contribution in [0.2, 0.25) is 0 Å². The molecule has 86 valence electrons.